The second kappa shape index (κ2) is 9.69. The summed E-state index contributed by atoms with van der Waals surface area (Å²) in [6.45, 7) is 2.47. The Morgan fingerprint density at radius 2 is 2.00 bits per heavy atom. The quantitative estimate of drug-likeness (QED) is 0.684. The number of methoxy groups -OCH3 is 1. The number of halogens is 1. The van der Waals surface area contributed by atoms with Crippen molar-refractivity contribution in [3.63, 3.8) is 0 Å². The average molecular weight is 284 g/mol. The minimum Gasteiger partial charge on any atom is -0.491 e. The molecule has 2 N–H and O–H groups in total. The molecule has 1 aromatic rings. The highest BCUT2D eigenvalue weighted by Crippen LogP contribution is 2.12. The minimum atomic E-state index is -0.655. The highest BCUT2D eigenvalue weighted by molar-refractivity contribution is 5.27. The van der Waals surface area contributed by atoms with E-state index in [2.05, 4.69) is 5.32 Å². The Morgan fingerprint density at radius 1 is 1.30 bits per heavy atom. The van der Waals surface area contributed by atoms with Crippen LogP contribution in [0.5, 0.6) is 5.75 Å². The van der Waals surface area contributed by atoms with Gasteiger partial charge in [-0.05, 0) is 31.0 Å². The molecule has 0 aromatic heterocycles. The zero-order valence-electron chi connectivity index (χ0n) is 12.1. The van der Waals surface area contributed by atoms with Gasteiger partial charge in [-0.2, -0.15) is 0 Å². The Hall–Kier alpha value is -1.17. The topological polar surface area (TPSA) is 50.7 Å². The smallest absolute Gasteiger partial charge is 0.119 e. The van der Waals surface area contributed by atoms with Gasteiger partial charge in [0.15, 0.2) is 0 Å². The summed E-state index contributed by atoms with van der Waals surface area (Å²) in [5.74, 6) is 0.712. The van der Waals surface area contributed by atoms with E-state index in [0.29, 0.717) is 18.9 Å². The lowest BCUT2D eigenvalue weighted by molar-refractivity contribution is 0.103. The first kappa shape index (κ1) is 16.9. The SMILES string of the molecule is COCCc1ccc(OCC(O)CNC(C)C[18F])cc1. The Labute approximate surface area is 119 Å². The molecule has 4 nitrogen and oxygen atoms in total. The van der Waals surface area contributed by atoms with Gasteiger partial charge in [0.2, 0.25) is 0 Å². The number of rotatable bonds is 10. The van der Waals surface area contributed by atoms with Crippen LogP contribution in [-0.4, -0.2) is 50.8 Å². The van der Waals surface area contributed by atoms with Crippen molar-refractivity contribution in [1.29, 1.82) is 0 Å². The van der Waals surface area contributed by atoms with Crippen molar-refractivity contribution in [3.8, 4) is 5.75 Å². The van der Waals surface area contributed by atoms with Gasteiger partial charge in [-0.15, -0.1) is 0 Å². The van der Waals surface area contributed by atoms with Crippen LogP contribution in [0.2, 0.25) is 0 Å². The summed E-state index contributed by atoms with van der Waals surface area (Å²) >= 11 is 0. The second-order valence-electron chi connectivity index (χ2n) is 4.82. The van der Waals surface area contributed by atoms with E-state index in [1.807, 2.05) is 24.3 Å². The predicted molar refractivity (Wildman–Crippen MR) is 77.0 cm³/mol. The highest BCUT2D eigenvalue weighted by atomic mass is 18.2. The third kappa shape index (κ3) is 6.84. The van der Waals surface area contributed by atoms with Gasteiger partial charge in [-0.1, -0.05) is 12.1 Å². The van der Waals surface area contributed by atoms with E-state index in [-0.39, 0.29) is 12.6 Å². The highest BCUT2D eigenvalue weighted by Gasteiger charge is 2.07. The Bertz CT molecular complexity index is 359. The zero-order chi connectivity index (χ0) is 14.8. The number of hydrogen-bond donors (Lipinski definition) is 2. The van der Waals surface area contributed by atoms with Crippen molar-refractivity contribution in [1.82, 2.24) is 5.32 Å². The van der Waals surface area contributed by atoms with Crippen LogP contribution in [0.1, 0.15) is 12.5 Å². The van der Waals surface area contributed by atoms with Crippen molar-refractivity contribution in [2.24, 2.45) is 0 Å². The molecule has 1 aromatic carbocycles. The molecule has 5 heteroatoms. The summed E-state index contributed by atoms with van der Waals surface area (Å²) in [7, 11) is 1.68. The van der Waals surface area contributed by atoms with Gasteiger partial charge in [-0.25, -0.2) is 4.39 Å². The lowest BCUT2D eigenvalue weighted by Gasteiger charge is -2.15. The summed E-state index contributed by atoms with van der Waals surface area (Å²) in [4.78, 5) is 0. The van der Waals surface area contributed by atoms with Crippen molar-refractivity contribution < 1.29 is 19.0 Å². The van der Waals surface area contributed by atoms with Crippen LogP contribution in [0, 0.1) is 0 Å². The lowest BCUT2D eigenvalue weighted by atomic mass is 10.1. The number of nitrogens with one attached hydrogen (secondary N) is 1. The summed E-state index contributed by atoms with van der Waals surface area (Å²) in [6, 6.07) is 7.45. The number of ether oxygens (including phenoxy) is 2. The molecule has 0 saturated heterocycles. The van der Waals surface area contributed by atoms with E-state index in [1.165, 1.54) is 5.56 Å². The summed E-state index contributed by atoms with van der Waals surface area (Å²) in [5.41, 5.74) is 1.18. The molecule has 0 aliphatic rings. The fourth-order valence-corrected chi connectivity index (χ4v) is 1.62. The van der Waals surface area contributed by atoms with Crippen LogP contribution < -0.4 is 10.1 Å². The van der Waals surface area contributed by atoms with Crippen LogP contribution in [0.3, 0.4) is 0 Å². The summed E-state index contributed by atoms with van der Waals surface area (Å²) in [5, 5.41) is 12.6. The molecular formula is C15H24FNO3. The van der Waals surface area contributed by atoms with Crippen molar-refractivity contribution in [2.75, 3.05) is 33.5 Å². The molecule has 2 atom stereocenters. The van der Waals surface area contributed by atoms with Crippen LogP contribution in [-0.2, 0) is 11.2 Å². The Balaban J connectivity index is 2.27. The van der Waals surface area contributed by atoms with Crippen LogP contribution >= 0.6 is 0 Å². The van der Waals surface area contributed by atoms with Gasteiger partial charge in [0.25, 0.3) is 0 Å². The van der Waals surface area contributed by atoms with E-state index in [0.717, 1.165) is 6.42 Å². The number of hydrogen-bond acceptors (Lipinski definition) is 4. The second-order valence-corrected chi connectivity index (χ2v) is 4.82. The number of benzene rings is 1. The fourth-order valence-electron chi connectivity index (χ4n) is 1.62. The normalized spacial score (nSPS) is 14.0. The molecule has 0 radical (unpaired) electrons. The molecule has 0 heterocycles. The van der Waals surface area contributed by atoms with Crippen molar-refractivity contribution in [2.45, 2.75) is 25.5 Å². The number of alkyl halides is 1. The van der Waals surface area contributed by atoms with Crippen molar-refractivity contribution >= 4 is 0 Å². The van der Waals surface area contributed by atoms with E-state index < -0.39 is 12.8 Å². The van der Waals surface area contributed by atoms with Gasteiger partial charge in [0.05, 0.1) is 6.61 Å². The van der Waals surface area contributed by atoms with Crippen LogP contribution in [0.4, 0.5) is 4.39 Å². The monoisotopic (exact) mass is 284 g/mol. The van der Waals surface area contributed by atoms with Gasteiger partial charge in [0, 0.05) is 19.7 Å². The molecule has 0 aliphatic carbocycles. The molecule has 20 heavy (non-hydrogen) atoms. The summed E-state index contributed by atoms with van der Waals surface area (Å²) < 4.78 is 22.7. The minimum absolute atomic E-state index is 0.184. The first-order valence-corrected chi connectivity index (χ1v) is 6.83. The molecule has 0 amide bonds. The van der Waals surface area contributed by atoms with E-state index in [4.69, 9.17) is 9.47 Å². The molecule has 0 fully saturated rings. The predicted octanol–water partition coefficient (Wildman–Crippen LogP) is 1.56. The lowest BCUT2D eigenvalue weighted by Crippen LogP contribution is -2.37. The molecule has 0 bridgehead atoms. The van der Waals surface area contributed by atoms with Gasteiger partial charge >= 0.3 is 0 Å². The van der Waals surface area contributed by atoms with Gasteiger partial charge in [-0.3, -0.25) is 0 Å². The Morgan fingerprint density at radius 3 is 2.60 bits per heavy atom. The zero-order valence-corrected chi connectivity index (χ0v) is 12.1. The first-order valence-electron chi connectivity index (χ1n) is 6.83. The summed E-state index contributed by atoms with van der Waals surface area (Å²) in [6.07, 6.45) is 0.210. The molecule has 0 aliphatic heterocycles. The molecule has 0 saturated carbocycles. The first-order chi connectivity index (χ1) is 9.65. The molecule has 2 unspecified atom stereocenters. The Kier molecular flexibility index (Phi) is 8.18. The standard InChI is InChI=1S/C15H24FNO3/c1-12(9-16)17-10-14(18)11-20-15-5-3-13(4-6-15)7-8-19-2/h3-6,12,14,17-18H,7-11H2,1-2H3/i16-1. The fraction of sp³-hybridized carbons (Fsp3) is 0.600. The van der Waals surface area contributed by atoms with E-state index >= 15 is 0 Å². The van der Waals surface area contributed by atoms with Gasteiger partial charge in [0.1, 0.15) is 25.1 Å². The third-order valence-electron chi connectivity index (χ3n) is 2.89. The number of aliphatic hydroxyl groups excluding tert-OH is 1. The van der Waals surface area contributed by atoms with Crippen LogP contribution in [0.15, 0.2) is 24.3 Å². The van der Waals surface area contributed by atoms with E-state index in [9.17, 15) is 9.50 Å². The maximum Gasteiger partial charge on any atom is 0.119 e. The average Bonchev–Trinajstić information content (AvgIpc) is 2.49. The van der Waals surface area contributed by atoms with Crippen molar-refractivity contribution in [3.05, 3.63) is 29.8 Å². The largest absolute Gasteiger partial charge is 0.491 e. The molecule has 114 valence electrons. The molecule has 0 spiro atoms. The molecule has 1 rings (SSSR count). The van der Waals surface area contributed by atoms with Gasteiger partial charge < -0.3 is 19.9 Å². The molecular weight excluding hydrogens is 260 g/mol. The van der Waals surface area contributed by atoms with E-state index in [1.54, 1.807) is 14.0 Å². The van der Waals surface area contributed by atoms with Crippen LogP contribution in [0.25, 0.3) is 0 Å². The third-order valence-corrected chi connectivity index (χ3v) is 2.89. The number of aliphatic hydroxyl groups is 1. The maximum atomic E-state index is 12.2. The maximum absolute atomic E-state index is 12.2.